The highest BCUT2D eigenvalue weighted by Crippen LogP contribution is 2.42. The minimum atomic E-state index is -0.453. The van der Waals surface area contributed by atoms with E-state index in [4.69, 9.17) is 14.2 Å². The van der Waals surface area contributed by atoms with Gasteiger partial charge in [0.2, 0.25) is 0 Å². The van der Waals surface area contributed by atoms with Crippen LogP contribution in [0.15, 0.2) is 58.1 Å². The van der Waals surface area contributed by atoms with E-state index in [9.17, 15) is 9.59 Å². The van der Waals surface area contributed by atoms with Crippen LogP contribution in [0, 0.1) is 0 Å². The Hall–Kier alpha value is -4.07. The lowest BCUT2D eigenvalue weighted by molar-refractivity contribution is 0.349. The third-order valence-corrected chi connectivity index (χ3v) is 5.48. The predicted molar refractivity (Wildman–Crippen MR) is 123 cm³/mol. The van der Waals surface area contributed by atoms with Crippen LogP contribution in [-0.4, -0.2) is 35.4 Å². The Bertz CT molecular complexity index is 1440. The number of aryl methyl sites for hydroxylation is 1. The summed E-state index contributed by atoms with van der Waals surface area (Å²) in [4.78, 5) is 30.5. The number of rotatable bonds is 5. The molecule has 4 rings (SSSR count). The summed E-state index contributed by atoms with van der Waals surface area (Å²) in [6.45, 7) is 0. The quantitative estimate of drug-likeness (QED) is 0.481. The molecule has 0 saturated carbocycles. The number of pyridine rings is 1. The molecule has 32 heavy (non-hydrogen) atoms. The maximum atomic E-state index is 13.2. The second kappa shape index (κ2) is 8.22. The second-order valence-electron chi connectivity index (χ2n) is 7.23. The lowest BCUT2D eigenvalue weighted by Gasteiger charge is -2.17. The van der Waals surface area contributed by atoms with E-state index in [1.54, 1.807) is 26.3 Å². The first kappa shape index (κ1) is 21.2. The van der Waals surface area contributed by atoms with Crippen molar-refractivity contribution in [3.8, 4) is 39.6 Å². The summed E-state index contributed by atoms with van der Waals surface area (Å²) >= 11 is 0. The Kier molecular flexibility index (Phi) is 5.44. The molecular weight excluding hydrogens is 410 g/mol. The first-order valence-electron chi connectivity index (χ1n) is 9.87. The number of nitrogens with zero attached hydrogens (tertiary/aromatic N) is 3. The molecule has 0 fully saturated rings. The highest BCUT2D eigenvalue weighted by molar-refractivity contribution is 5.96. The molecule has 0 spiro atoms. The number of aromatic nitrogens is 3. The van der Waals surface area contributed by atoms with Crippen LogP contribution >= 0.6 is 0 Å². The van der Waals surface area contributed by atoms with Gasteiger partial charge in [-0.3, -0.25) is 13.9 Å². The molecule has 2 aromatic carbocycles. The van der Waals surface area contributed by atoms with Gasteiger partial charge in [-0.1, -0.05) is 30.3 Å². The van der Waals surface area contributed by atoms with Crippen LogP contribution in [0.25, 0.3) is 33.4 Å². The summed E-state index contributed by atoms with van der Waals surface area (Å²) < 4.78 is 19.0. The van der Waals surface area contributed by atoms with Crippen LogP contribution in [0.5, 0.6) is 17.2 Å². The van der Waals surface area contributed by atoms with Crippen molar-refractivity contribution in [2.45, 2.75) is 0 Å². The first-order valence-corrected chi connectivity index (χ1v) is 9.87. The lowest BCUT2D eigenvalue weighted by atomic mass is 9.98. The van der Waals surface area contributed by atoms with Crippen LogP contribution in [-0.2, 0) is 14.1 Å². The van der Waals surface area contributed by atoms with Crippen LogP contribution in [0.2, 0.25) is 0 Å². The van der Waals surface area contributed by atoms with Gasteiger partial charge < -0.3 is 14.2 Å². The van der Waals surface area contributed by atoms with Crippen molar-refractivity contribution < 1.29 is 14.2 Å². The molecule has 8 nitrogen and oxygen atoms in total. The Morgan fingerprint density at radius 1 is 0.750 bits per heavy atom. The molecule has 0 radical (unpaired) electrons. The number of benzene rings is 2. The zero-order valence-corrected chi connectivity index (χ0v) is 18.5. The average Bonchev–Trinajstić information content (AvgIpc) is 2.84. The van der Waals surface area contributed by atoms with E-state index < -0.39 is 11.2 Å². The fourth-order valence-corrected chi connectivity index (χ4v) is 3.76. The van der Waals surface area contributed by atoms with Gasteiger partial charge in [-0.15, -0.1) is 0 Å². The molecular formula is C24H23N3O5. The largest absolute Gasteiger partial charge is 0.496 e. The molecule has 0 N–H and O–H groups in total. The van der Waals surface area contributed by atoms with Crippen LogP contribution in [0.4, 0.5) is 0 Å². The topological polar surface area (TPSA) is 84.6 Å². The molecule has 0 aliphatic rings. The van der Waals surface area contributed by atoms with Crippen molar-refractivity contribution in [3.63, 3.8) is 0 Å². The molecule has 0 atom stereocenters. The summed E-state index contributed by atoms with van der Waals surface area (Å²) in [6, 6.07) is 14.8. The third kappa shape index (κ3) is 3.30. The molecule has 4 aromatic rings. The highest BCUT2D eigenvalue weighted by Gasteiger charge is 2.21. The standard InChI is InChI=1S/C24H23N3O5/c1-26-22-21(23(28)27(2)24(26)29)16(11-17(25-22)14-9-7-6-8-10-14)15-12-19(31-4)20(32-5)13-18(15)30-3/h6-13H,1-5H3. The van der Waals surface area contributed by atoms with Gasteiger partial charge in [0, 0.05) is 36.9 Å². The zero-order chi connectivity index (χ0) is 23.0. The number of methoxy groups -OCH3 is 3. The first-order chi connectivity index (χ1) is 15.4. The minimum absolute atomic E-state index is 0.284. The van der Waals surface area contributed by atoms with Crippen LogP contribution < -0.4 is 25.5 Å². The number of fused-ring (bicyclic) bond motifs is 1. The smallest absolute Gasteiger partial charge is 0.332 e. The van der Waals surface area contributed by atoms with Gasteiger partial charge in [0.25, 0.3) is 5.56 Å². The van der Waals surface area contributed by atoms with Crippen molar-refractivity contribution in [1.29, 1.82) is 0 Å². The molecule has 0 amide bonds. The van der Waals surface area contributed by atoms with Gasteiger partial charge in [-0.05, 0) is 12.1 Å². The van der Waals surface area contributed by atoms with E-state index in [1.807, 2.05) is 36.4 Å². The van der Waals surface area contributed by atoms with E-state index in [1.165, 1.54) is 25.8 Å². The third-order valence-electron chi connectivity index (χ3n) is 5.48. The Morgan fingerprint density at radius 3 is 2.00 bits per heavy atom. The molecule has 0 unspecified atom stereocenters. The predicted octanol–water partition coefficient (Wildman–Crippen LogP) is 2.99. The van der Waals surface area contributed by atoms with Crippen molar-refractivity contribution >= 4 is 11.0 Å². The molecule has 2 heterocycles. The summed E-state index contributed by atoms with van der Waals surface area (Å²) in [7, 11) is 7.67. The van der Waals surface area contributed by atoms with E-state index in [0.29, 0.717) is 39.5 Å². The average molecular weight is 433 g/mol. The fraction of sp³-hybridized carbons (Fsp3) is 0.208. The summed E-state index contributed by atoms with van der Waals surface area (Å²) in [5, 5.41) is 0.305. The van der Waals surface area contributed by atoms with E-state index in [0.717, 1.165) is 10.1 Å². The summed E-state index contributed by atoms with van der Waals surface area (Å²) in [5.74, 6) is 1.47. The minimum Gasteiger partial charge on any atom is -0.496 e. The maximum absolute atomic E-state index is 13.2. The molecule has 8 heteroatoms. The van der Waals surface area contributed by atoms with Crippen LogP contribution in [0.3, 0.4) is 0 Å². The van der Waals surface area contributed by atoms with Gasteiger partial charge in [0.05, 0.1) is 32.4 Å². The molecule has 0 bridgehead atoms. The second-order valence-corrected chi connectivity index (χ2v) is 7.23. The van der Waals surface area contributed by atoms with Crippen molar-refractivity contribution in [2.24, 2.45) is 14.1 Å². The summed E-state index contributed by atoms with van der Waals surface area (Å²) in [6.07, 6.45) is 0. The highest BCUT2D eigenvalue weighted by atomic mass is 16.5. The summed E-state index contributed by atoms with van der Waals surface area (Å²) in [5.41, 5.74) is 2.04. The lowest BCUT2D eigenvalue weighted by Crippen LogP contribution is -2.37. The van der Waals surface area contributed by atoms with Gasteiger partial charge in [-0.2, -0.15) is 0 Å². The monoisotopic (exact) mass is 433 g/mol. The SMILES string of the molecule is COc1cc(OC)c(-c2cc(-c3ccccc3)nc3c2c(=O)n(C)c(=O)n3C)cc1OC. The van der Waals surface area contributed by atoms with Crippen molar-refractivity contribution in [2.75, 3.05) is 21.3 Å². The number of hydrogen-bond donors (Lipinski definition) is 0. The normalized spacial score (nSPS) is 10.9. The zero-order valence-electron chi connectivity index (χ0n) is 18.5. The number of hydrogen-bond acceptors (Lipinski definition) is 6. The maximum Gasteiger partial charge on any atom is 0.332 e. The van der Waals surface area contributed by atoms with Gasteiger partial charge in [0.1, 0.15) is 5.75 Å². The van der Waals surface area contributed by atoms with Crippen molar-refractivity contribution in [3.05, 3.63) is 69.4 Å². The van der Waals surface area contributed by atoms with E-state index in [-0.39, 0.29) is 5.65 Å². The van der Waals surface area contributed by atoms with Crippen LogP contribution in [0.1, 0.15) is 0 Å². The molecule has 164 valence electrons. The molecule has 0 saturated heterocycles. The molecule has 0 aliphatic carbocycles. The van der Waals surface area contributed by atoms with Gasteiger partial charge in [-0.25, -0.2) is 9.78 Å². The van der Waals surface area contributed by atoms with Crippen molar-refractivity contribution in [1.82, 2.24) is 14.1 Å². The Morgan fingerprint density at radius 2 is 1.38 bits per heavy atom. The van der Waals surface area contributed by atoms with E-state index in [2.05, 4.69) is 4.98 Å². The number of ether oxygens (including phenoxy) is 3. The molecule has 0 aliphatic heterocycles. The van der Waals surface area contributed by atoms with E-state index >= 15 is 0 Å². The Labute approximate surface area is 184 Å². The van der Waals surface area contributed by atoms with Gasteiger partial charge >= 0.3 is 5.69 Å². The Balaban J connectivity index is 2.20. The van der Waals surface area contributed by atoms with Gasteiger partial charge in [0.15, 0.2) is 17.1 Å². The molecule has 2 aromatic heterocycles. The fourth-order valence-electron chi connectivity index (χ4n) is 3.76.